The van der Waals surface area contributed by atoms with Crippen LogP contribution in [0.3, 0.4) is 0 Å². The predicted molar refractivity (Wildman–Crippen MR) is 32.8 cm³/mol. The highest BCUT2D eigenvalue weighted by Crippen LogP contribution is 2.10. The third-order valence-corrected chi connectivity index (χ3v) is 1.46. The van der Waals surface area contributed by atoms with Crippen LogP contribution in [0.15, 0.2) is 5.70 Å². The van der Waals surface area contributed by atoms with Crippen LogP contribution in [0.1, 0.15) is 13.8 Å². The van der Waals surface area contributed by atoms with Gasteiger partial charge in [0.25, 0.3) is 10.7 Å². The van der Waals surface area contributed by atoms with Crippen molar-refractivity contribution in [3.8, 4) is 0 Å². The standard InChI is InChI=1S/C5H6NS/c1-4-3-7-5(2)6-4/h1-2H3/q+1. The molecule has 1 aliphatic rings. The molecule has 0 fully saturated rings. The second kappa shape index (κ2) is 1.70. The molecule has 0 aromatic carbocycles. The van der Waals surface area contributed by atoms with Crippen molar-refractivity contribution >= 4 is 16.8 Å². The monoisotopic (exact) mass is 112 g/mol. The Hall–Kier alpha value is -0.240. The van der Waals surface area contributed by atoms with Gasteiger partial charge in [0, 0.05) is 13.8 Å². The number of rotatable bonds is 0. The predicted octanol–water partition coefficient (Wildman–Crippen LogP) is 1.15. The largest absolute Gasteiger partial charge is 0.289 e. The van der Waals surface area contributed by atoms with Gasteiger partial charge in [0.05, 0.1) is 4.99 Å². The van der Waals surface area contributed by atoms with Gasteiger partial charge in [-0.1, -0.05) is 0 Å². The van der Waals surface area contributed by atoms with Gasteiger partial charge < -0.3 is 0 Å². The average Bonchev–Trinajstić information content (AvgIpc) is 1.87. The number of hydrogen-bond donors (Lipinski definition) is 0. The molecule has 0 aliphatic carbocycles. The Kier molecular flexibility index (Phi) is 1.19. The number of allylic oxidation sites excluding steroid dienone is 1. The molecule has 36 valence electrons. The maximum Gasteiger partial charge on any atom is 0.289 e. The summed E-state index contributed by atoms with van der Waals surface area (Å²) in [5.74, 6) is 0. The minimum atomic E-state index is 1.00. The SMILES string of the molecule is CC1=[C]SC(C)=[N+]1. The number of hydrogen-bond acceptors (Lipinski definition) is 2. The van der Waals surface area contributed by atoms with Crippen LogP contribution in [0.5, 0.6) is 0 Å². The van der Waals surface area contributed by atoms with Crippen LogP contribution < -0.4 is 4.99 Å². The molecule has 1 heterocycles. The summed E-state index contributed by atoms with van der Waals surface area (Å²) in [7, 11) is 0. The van der Waals surface area contributed by atoms with E-state index in [1.54, 1.807) is 11.8 Å². The second-order valence-corrected chi connectivity index (χ2v) is 2.42. The van der Waals surface area contributed by atoms with Gasteiger partial charge in [0.1, 0.15) is 5.41 Å². The van der Waals surface area contributed by atoms with Crippen molar-refractivity contribution in [3.63, 3.8) is 0 Å². The van der Waals surface area contributed by atoms with E-state index in [-0.39, 0.29) is 0 Å². The van der Waals surface area contributed by atoms with E-state index in [2.05, 4.69) is 10.4 Å². The maximum atomic E-state index is 4.07. The van der Waals surface area contributed by atoms with Crippen molar-refractivity contribution in [2.24, 2.45) is 0 Å². The molecule has 2 heteroatoms. The zero-order valence-electron chi connectivity index (χ0n) is 4.36. The van der Waals surface area contributed by atoms with Crippen LogP contribution in [0, 0.1) is 5.41 Å². The lowest BCUT2D eigenvalue weighted by Crippen LogP contribution is -1.86. The molecular formula is C5H6NS+. The van der Waals surface area contributed by atoms with Crippen molar-refractivity contribution in [1.29, 1.82) is 0 Å². The van der Waals surface area contributed by atoms with E-state index in [4.69, 9.17) is 0 Å². The molecule has 0 saturated heterocycles. The molecule has 0 atom stereocenters. The highest BCUT2D eigenvalue weighted by molar-refractivity contribution is 8.15. The Labute approximate surface area is 47.5 Å². The molecule has 0 aromatic heterocycles. The first-order chi connectivity index (χ1) is 3.29. The van der Waals surface area contributed by atoms with Gasteiger partial charge in [0.15, 0.2) is 0 Å². The van der Waals surface area contributed by atoms with Crippen LogP contribution in [-0.4, -0.2) is 5.04 Å². The Balaban J connectivity index is 2.69. The van der Waals surface area contributed by atoms with E-state index in [9.17, 15) is 0 Å². The van der Waals surface area contributed by atoms with Crippen LogP contribution in [0.4, 0.5) is 0 Å². The highest BCUT2D eigenvalue weighted by Gasteiger charge is 2.14. The first-order valence-corrected chi connectivity index (χ1v) is 2.92. The zero-order valence-corrected chi connectivity index (χ0v) is 5.17. The molecule has 0 spiro atoms. The fourth-order valence-electron chi connectivity index (χ4n) is 0.430. The van der Waals surface area contributed by atoms with Crippen LogP contribution >= 0.6 is 11.8 Å². The fourth-order valence-corrected chi connectivity index (χ4v) is 0.953. The number of aliphatic imine (C=N–C) groups is 1. The third-order valence-electron chi connectivity index (χ3n) is 0.672. The van der Waals surface area contributed by atoms with Crippen molar-refractivity contribution < 1.29 is 0 Å². The summed E-state index contributed by atoms with van der Waals surface area (Å²) in [6.45, 7) is 3.93. The van der Waals surface area contributed by atoms with Gasteiger partial charge in [-0.15, -0.1) is 0 Å². The summed E-state index contributed by atoms with van der Waals surface area (Å²) >= 11 is 1.57. The summed E-state index contributed by atoms with van der Waals surface area (Å²) < 4.78 is 0. The third kappa shape index (κ3) is 1.06. The van der Waals surface area contributed by atoms with Gasteiger partial charge in [-0.05, 0) is 11.8 Å². The minimum absolute atomic E-state index is 1.00. The topological polar surface area (TPSA) is 14.1 Å². The van der Waals surface area contributed by atoms with Crippen LogP contribution in [0.2, 0.25) is 0 Å². The van der Waals surface area contributed by atoms with Gasteiger partial charge >= 0.3 is 0 Å². The summed E-state index contributed by atoms with van der Waals surface area (Å²) in [5, 5.41) is 4.09. The lowest BCUT2D eigenvalue weighted by atomic mass is 10.6. The van der Waals surface area contributed by atoms with Crippen molar-refractivity contribution in [1.82, 2.24) is 4.99 Å². The van der Waals surface area contributed by atoms with Crippen LogP contribution in [0.25, 0.3) is 0 Å². The van der Waals surface area contributed by atoms with Crippen molar-refractivity contribution in [2.75, 3.05) is 0 Å². The zero-order chi connectivity index (χ0) is 5.28. The van der Waals surface area contributed by atoms with Crippen molar-refractivity contribution in [3.05, 3.63) is 11.1 Å². The van der Waals surface area contributed by atoms with E-state index in [0.29, 0.717) is 0 Å². The molecule has 1 nitrogen and oxygen atoms in total. The van der Waals surface area contributed by atoms with E-state index < -0.39 is 0 Å². The lowest BCUT2D eigenvalue weighted by molar-refractivity contribution is 1.20. The van der Waals surface area contributed by atoms with E-state index in [1.165, 1.54) is 0 Å². The molecule has 0 bridgehead atoms. The molecule has 1 aliphatic heterocycles. The Morgan fingerprint density at radius 2 is 2.29 bits per heavy atom. The second-order valence-electron chi connectivity index (χ2n) is 1.42. The van der Waals surface area contributed by atoms with Gasteiger partial charge in [-0.25, -0.2) is 0 Å². The van der Waals surface area contributed by atoms with Gasteiger partial charge in [-0.3, -0.25) is 0 Å². The van der Waals surface area contributed by atoms with E-state index in [0.717, 1.165) is 10.7 Å². The smallest absolute Gasteiger partial charge is 0.0107 e. The summed E-state index contributed by atoms with van der Waals surface area (Å²) in [5.41, 5.74) is 1.00. The first kappa shape index (κ1) is 4.91. The molecule has 1 rings (SSSR count). The van der Waals surface area contributed by atoms with Gasteiger partial charge in [0.2, 0.25) is 0 Å². The first-order valence-electron chi connectivity index (χ1n) is 2.11. The lowest BCUT2D eigenvalue weighted by Gasteiger charge is -1.61. The van der Waals surface area contributed by atoms with Crippen molar-refractivity contribution in [2.45, 2.75) is 13.8 Å². The molecule has 7 heavy (non-hydrogen) atoms. The molecular weight excluding hydrogens is 106 g/mol. The quantitative estimate of drug-likeness (QED) is 0.458. The minimum Gasteiger partial charge on any atom is -0.0107 e. The van der Waals surface area contributed by atoms with Crippen LogP contribution in [-0.2, 0) is 0 Å². The normalized spacial score (nSPS) is 19.1. The molecule has 0 saturated carbocycles. The summed E-state index contributed by atoms with van der Waals surface area (Å²) in [6, 6.07) is 0. The van der Waals surface area contributed by atoms with E-state index >= 15 is 0 Å². The molecule has 0 N–H and O–H groups in total. The Morgan fingerprint density at radius 3 is 2.43 bits per heavy atom. The fraction of sp³-hybridized carbons (Fsp3) is 0.400. The highest BCUT2D eigenvalue weighted by atomic mass is 32.2. The Bertz CT molecular complexity index is 135. The maximum absolute atomic E-state index is 4.07. The molecule has 0 unspecified atom stereocenters. The average molecular weight is 112 g/mol. The number of thioether (sulfide) groups is 1. The van der Waals surface area contributed by atoms with Gasteiger partial charge in [-0.2, -0.15) is 0 Å². The van der Waals surface area contributed by atoms with E-state index in [1.807, 2.05) is 13.8 Å². The summed E-state index contributed by atoms with van der Waals surface area (Å²) in [4.78, 5) is 4.07. The summed E-state index contributed by atoms with van der Waals surface area (Å²) in [6.07, 6.45) is 0. The Morgan fingerprint density at radius 1 is 1.57 bits per heavy atom. The molecule has 0 amide bonds. The molecule has 0 aromatic rings. The number of nitrogens with zero attached hydrogens (tertiary/aromatic N) is 1. The molecule has 2 radical (unpaired) electrons.